The molecule has 3 heterocycles. The van der Waals surface area contributed by atoms with Gasteiger partial charge in [-0.2, -0.15) is 0 Å². The molecule has 3 saturated heterocycles. The molecular formula is C39H66O15. The second-order valence-corrected chi connectivity index (χ2v) is 18.7. The summed E-state index contributed by atoms with van der Waals surface area (Å²) in [5.74, 6) is 0.0684. The Morgan fingerprint density at radius 2 is 1.39 bits per heavy atom. The summed E-state index contributed by atoms with van der Waals surface area (Å²) in [5, 5.41) is 104. The SMILES string of the molecule is C[C@H](CC[C@@]1(O)O[C@H]2C[C@H]3[C@@H]4CC[C@@H]5C[C@@H](O[C@@H]6O[C@H](CO)[C@@H](O)[C@H](O)[C@H]6O)C[C@@H](O)[C@]5(C)[C@H]4CC[C@]3(C)[C@H]2[C@@H]1C)CO[C@@H]1O[C@H](CO)[C@@H](O)[C@H](O)[C@H]1O. The maximum Gasteiger partial charge on any atom is 0.186 e. The van der Waals surface area contributed by atoms with Gasteiger partial charge in [-0.3, -0.25) is 0 Å². The topological polar surface area (TPSA) is 248 Å². The number of fused-ring (bicyclic) bond motifs is 7. The van der Waals surface area contributed by atoms with Crippen molar-refractivity contribution in [2.75, 3.05) is 19.8 Å². The zero-order valence-corrected chi connectivity index (χ0v) is 32.0. The molecule has 7 rings (SSSR count). The van der Waals surface area contributed by atoms with E-state index in [4.69, 9.17) is 23.7 Å². The molecule has 0 aromatic heterocycles. The maximum absolute atomic E-state index is 12.0. The monoisotopic (exact) mass is 774 g/mol. The van der Waals surface area contributed by atoms with Gasteiger partial charge in [0, 0.05) is 18.8 Å². The van der Waals surface area contributed by atoms with Crippen molar-refractivity contribution in [2.24, 2.45) is 52.3 Å². The molecule has 0 bridgehead atoms. The molecule has 23 atom stereocenters. The summed E-state index contributed by atoms with van der Waals surface area (Å²) in [4.78, 5) is 0. The molecule has 0 amide bonds. The Bertz CT molecular complexity index is 1290. The van der Waals surface area contributed by atoms with Crippen molar-refractivity contribution >= 4 is 0 Å². The first-order valence-electron chi connectivity index (χ1n) is 20.4. The van der Waals surface area contributed by atoms with Crippen molar-refractivity contribution in [2.45, 2.75) is 171 Å². The second kappa shape index (κ2) is 15.5. The third-order valence-corrected chi connectivity index (χ3v) is 16.0. The van der Waals surface area contributed by atoms with Crippen LogP contribution >= 0.6 is 0 Å². The molecule has 0 aromatic rings. The molecule has 7 fully saturated rings. The van der Waals surface area contributed by atoms with Gasteiger partial charge in [0.05, 0.1) is 38.1 Å². The second-order valence-electron chi connectivity index (χ2n) is 18.7. The van der Waals surface area contributed by atoms with Crippen LogP contribution in [-0.4, -0.2) is 156 Å². The Balaban J connectivity index is 0.948. The lowest BCUT2D eigenvalue weighted by Gasteiger charge is -2.62. The van der Waals surface area contributed by atoms with Crippen molar-refractivity contribution < 1.29 is 74.7 Å². The molecule has 15 nitrogen and oxygen atoms in total. The average Bonchev–Trinajstić information content (AvgIpc) is 3.58. The summed E-state index contributed by atoms with van der Waals surface area (Å²) in [5.41, 5.74) is -0.344. The predicted octanol–water partition coefficient (Wildman–Crippen LogP) is -0.633. The zero-order chi connectivity index (χ0) is 39.1. The molecule has 4 saturated carbocycles. The van der Waals surface area contributed by atoms with Gasteiger partial charge in [0.2, 0.25) is 0 Å². The van der Waals surface area contributed by atoms with Crippen LogP contribution < -0.4 is 0 Å². The summed E-state index contributed by atoms with van der Waals surface area (Å²) in [6.07, 6.45) is -7.71. The number of hydrogen-bond acceptors (Lipinski definition) is 15. The van der Waals surface area contributed by atoms with E-state index in [0.29, 0.717) is 43.4 Å². The van der Waals surface area contributed by atoms with Crippen LogP contribution in [0, 0.1) is 52.3 Å². The highest BCUT2D eigenvalue weighted by atomic mass is 16.7. The highest BCUT2D eigenvalue weighted by molar-refractivity contribution is 5.16. The summed E-state index contributed by atoms with van der Waals surface area (Å²) in [7, 11) is 0. The van der Waals surface area contributed by atoms with Gasteiger partial charge >= 0.3 is 0 Å². The molecular weight excluding hydrogens is 708 g/mol. The molecule has 0 radical (unpaired) electrons. The van der Waals surface area contributed by atoms with Crippen LogP contribution in [0.5, 0.6) is 0 Å². The van der Waals surface area contributed by atoms with Gasteiger partial charge in [-0.05, 0) is 91.3 Å². The zero-order valence-electron chi connectivity index (χ0n) is 32.0. The first-order chi connectivity index (χ1) is 25.5. The van der Waals surface area contributed by atoms with E-state index in [1.807, 2.05) is 6.92 Å². The molecule has 312 valence electrons. The van der Waals surface area contributed by atoms with Crippen LogP contribution in [0.1, 0.15) is 85.5 Å². The van der Waals surface area contributed by atoms with Crippen LogP contribution in [-0.2, 0) is 23.7 Å². The number of hydrogen-bond donors (Lipinski definition) is 10. The standard InChI is InChI=1S/C39H66O15/c1-17(16-50-35-33(47)31(45)29(43)25(14-40)52-35)7-10-39(49)18(2)28-24(54-39)13-23-21-6-5-19-11-20(51-36-34(48)32(46)30(44)26(15-41)53-36)12-27(42)38(19,4)22(21)8-9-37(23,28)3/h17-36,40-49H,5-16H2,1-4H3/t17-,18+,19-,20-,21-,22+,23+,24+,25-,26-,27-,28+,29-,30-,31+,32+,33-,34-,35-,36-,37+,38+,39-/m1/s1. The minimum atomic E-state index is -1.52. The van der Waals surface area contributed by atoms with E-state index >= 15 is 0 Å². The Morgan fingerprint density at radius 1 is 0.759 bits per heavy atom. The molecule has 15 heteroatoms. The van der Waals surface area contributed by atoms with Crippen LogP contribution in [0.15, 0.2) is 0 Å². The first-order valence-corrected chi connectivity index (χ1v) is 20.4. The van der Waals surface area contributed by atoms with Gasteiger partial charge in [-0.15, -0.1) is 0 Å². The molecule has 3 aliphatic heterocycles. The molecule has 0 unspecified atom stereocenters. The smallest absolute Gasteiger partial charge is 0.186 e. The van der Waals surface area contributed by atoms with Gasteiger partial charge in [0.1, 0.15) is 48.8 Å². The lowest BCUT2D eigenvalue weighted by Crippen LogP contribution is -2.62. The highest BCUT2D eigenvalue weighted by Crippen LogP contribution is 2.71. The maximum atomic E-state index is 12.0. The van der Waals surface area contributed by atoms with E-state index in [1.54, 1.807) is 0 Å². The third-order valence-electron chi connectivity index (χ3n) is 16.0. The normalized spacial score (nSPS) is 56.4. The van der Waals surface area contributed by atoms with Gasteiger partial charge in [-0.1, -0.05) is 27.7 Å². The van der Waals surface area contributed by atoms with Crippen molar-refractivity contribution in [1.82, 2.24) is 0 Å². The van der Waals surface area contributed by atoms with E-state index in [2.05, 4.69) is 20.8 Å². The van der Waals surface area contributed by atoms with Crippen LogP contribution in [0.25, 0.3) is 0 Å². The van der Waals surface area contributed by atoms with Gasteiger partial charge in [0.15, 0.2) is 18.4 Å². The quantitative estimate of drug-likeness (QED) is 0.124. The Morgan fingerprint density at radius 3 is 2.04 bits per heavy atom. The number of aliphatic hydroxyl groups excluding tert-OH is 9. The summed E-state index contributed by atoms with van der Waals surface area (Å²) < 4.78 is 29.7. The Labute approximate surface area is 317 Å². The molecule has 7 aliphatic rings. The lowest BCUT2D eigenvalue weighted by molar-refractivity contribution is -0.320. The van der Waals surface area contributed by atoms with E-state index in [0.717, 1.165) is 32.1 Å². The summed E-state index contributed by atoms with van der Waals surface area (Å²) in [6.45, 7) is 7.82. The van der Waals surface area contributed by atoms with Crippen molar-refractivity contribution in [3.8, 4) is 0 Å². The van der Waals surface area contributed by atoms with Crippen molar-refractivity contribution in [3.63, 3.8) is 0 Å². The first kappa shape index (κ1) is 41.6. The van der Waals surface area contributed by atoms with E-state index < -0.39 is 92.6 Å². The Hall–Kier alpha value is -0.600. The Kier molecular flexibility index (Phi) is 12.0. The fraction of sp³-hybridized carbons (Fsp3) is 1.00. The fourth-order valence-corrected chi connectivity index (χ4v) is 12.7. The van der Waals surface area contributed by atoms with Crippen molar-refractivity contribution in [1.29, 1.82) is 0 Å². The van der Waals surface area contributed by atoms with E-state index in [9.17, 15) is 51.1 Å². The highest BCUT2D eigenvalue weighted by Gasteiger charge is 2.69. The summed E-state index contributed by atoms with van der Waals surface area (Å²) in [6, 6.07) is 0. The number of aliphatic hydroxyl groups is 10. The molecule has 0 spiro atoms. The lowest BCUT2D eigenvalue weighted by atomic mass is 9.43. The minimum Gasteiger partial charge on any atom is -0.394 e. The van der Waals surface area contributed by atoms with Crippen LogP contribution in [0.2, 0.25) is 0 Å². The molecule has 10 N–H and O–H groups in total. The van der Waals surface area contributed by atoms with Crippen LogP contribution in [0.3, 0.4) is 0 Å². The van der Waals surface area contributed by atoms with E-state index in [-0.39, 0.29) is 47.2 Å². The number of ether oxygens (including phenoxy) is 5. The molecule has 4 aliphatic carbocycles. The molecule has 54 heavy (non-hydrogen) atoms. The average molecular weight is 775 g/mol. The van der Waals surface area contributed by atoms with Gasteiger partial charge in [-0.25, -0.2) is 0 Å². The summed E-state index contributed by atoms with van der Waals surface area (Å²) >= 11 is 0. The predicted molar refractivity (Wildman–Crippen MR) is 188 cm³/mol. The fourth-order valence-electron chi connectivity index (χ4n) is 12.7. The largest absolute Gasteiger partial charge is 0.394 e. The third kappa shape index (κ3) is 6.82. The number of rotatable bonds is 10. The van der Waals surface area contributed by atoms with Gasteiger partial charge in [0.25, 0.3) is 0 Å². The van der Waals surface area contributed by atoms with Gasteiger partial charge < -0.3 is 74.7 Å². The molecule has 0 aromatic carbocycles. The van der Waals surface area contributed by atoms with E-state index in [1.165, 1.54) is 0 Å². The minimum absolute atomic E-state index is 0.0227. The van der Waals surface area contributed by atoms with Crippen LogP contribution in [0.4, 0.5) is 0 Å². The van der Waals surface area contributed by atoms with Crippen molar-refractivity contribution in [3.05, 3.63) is 0 Å².